The maximum Gasteiger partial charge on any atom is 0.268 e. The largest absolute Gasteiger partial charge is 0.418 e. The lowest BCUT2D eigenvalue weighted by molar-refractivity contribution is 0.419. The summed E-state index contributed by atoms with van der Waals surface area (Å²) in [6.07, 6.45) is 0.685. The van der Waals surface area contributed by atoms with Crippen molar-refractivity contribution in [3.63, 3.8) is 0 Å². The normalized spacial score (nSPS) is 11.8. The van der Waals surface area contributed by atoms with Crippen molar-refractivity contribution in [2.75, 3.05) is 0 Å². The number of hydrogen-bond acceptors (Lipinski definition) is 4. The molecule has 0 N–H and O–H groups in total. The zero-order valence-corrected chi connectivity index (χ0v) is 24.1. The van der Waals surface area contributed by atoms with Crippen LogP contribution in [0.4, 0.5) is 0 Å². The van der Waals surface area contributed by atoms with Gasteiger partial charge in [0, 0.05) is 25.6 Å². The fourth-order valence-corrected chi connectivity index (χ4v) is 5.13. The van der Waals surface area contributed by atoms with Gasteiger partial charge in [0.25, 0.3) is 5.89 Å². The van der Waals surface area contributed by atoms with Gasteiger partial charge < -0.3 is 4.42 Å². The number of hydrogen-bond donors (Lipinski definition) is 0. The van der Waals surface area contributed by atoms with Gasteiger partial charge in [0.1, 0.15) is 0 Å². The van der Waals surface area contributed by atoms with Gasteiger partial charge in [0.2, 0.25) is 5.89 Å². The Kier molecular flexibility index (Phi) is 7.20. The average molecular weight is 617 g/mol. The first kappa shape index (κ1) is 26.0. The Labute approximate surface area is 238 Å². The van der Waals surface area contributed by atoms with E-state index in [-0.39, 0.29) is 0 Å². The van der Waals surface area contributed by atoms with Gasteiger partial charge in [0.15, 0.2) is 5.69 Å². The van der Waals surface area contributed by atoms with E-state index in [1.54, 1.807) is 12.1 Å². The highest BCUT2D eigenvalue weighted by Gasteiger charge is 2.32. The Balaban J connectivity index is 1.68. The van der Waals surface area contributed by atoms with Gasteiger partial charge in [-0.15, -0.1) is 10.2 Å². The summed E-state index contributed by atoms with van der Waals surface area (Å²) in [7, 11) is 0. The Bertz CT molecular complexity index is 1570. The molecule has 0 bridgehead atoms. The van der Waals surface area contributed by atoms with Crippen molar-refractivity contribution in [2.45, 2.75) is 32.6 Å². The molecule has 0 saturated heterocycles. The smallest absolute Gasteiger partial charge is 0.268 e. The Hall–Kier alpha value is -2.64. The first-order valence-corrected chi connectivity index (χ1v) is 13.6. The van der Waals surface area contributed by atoms with Gasteiger partial charge in [-0.2, -0.15) is 5.10 Å². The van der Waals surface area contributed by atoms with E-state index in [0.717, 1.165) is 26.9 Å². The van der Waals surface area contributed by atoms with Crippen molar-refractivity contribution in [3.05, 3.63) is 103 Å². The summed E-state index contributed by atoms with van der Waals surface area (Å²) in [5.41, 5.74) is 4.63. The second kappa shape index (κ2) is 10.3. The Morgan fingerprint density at radius 3 is 2.22 bits per heavy atom. The van der Waals surface area contributed by atoms with Crippen LogP contribution in [0.25, 0.3) is 28.5 Å². The lowest BCUT2D eigenvalue weighted by Crippen LogP contribution is -2.19. The highest BCUT2D eigenvalue weighted by Crippen LogP contribution is 2.38. The summed E-state index contributed by atoms with van der Waals surface area (Å²) in [6, 6.07) is 21.0. The predicted molar refractivity (Wildman–Crippen MR) is 153 cm³/mol. The van der Waals surface area contributed by atoms with Crippen molar-refractivity contribution >= 4 is 50.7 Å². The fraction of sp³-hybridized carbons (Fsp3) is 0.179. The molecule has 0 radical (unpaired) electrons. The first-order valence-electron chi connectivity index (χ1n) is 11.6. The summed E-state index contributed by atoms with van der Waals surface area (Å²) in [6.45, 7) is 6.15. The second-order valence-electron chi connectivity index (χ2n) is 9.09. The minimum atomic E-state index is -0.529. The lowest BCUT2D eigenvalue weighted by atomic mass is 9.85. The minimum Gasteiger partial charge on any atom is -0.418 e. The molecule has 0 saturated carbocycles. The van der Waals surface area contributed by atoms with E-state index < -0.39 is 5.41 Å². The van der Waals surface area contributed by atoms with Crippen LogP contribution in [0.15, 0.2) is 75.6 Å². The number of halogens is 4. The number of nitrogens with zero attached hydrogens (tertiary/aromatic N) is 4. The standard InChI is InChI=1S/C28H22BrCl3N4O/c1-4-21-24(26-33-34-27(37-26)28(2,3)17-7-11-19(30)12-8-17)35-36(23-14-13-20(31)15-22(23)32)25(21)16-5-9-18(29)10-6-16/h5-15H,4H2,1-3H3. The molecular weight excluding hydrogens is 595 g/mol. The molecule has 0 aliphatic rings. The second-order valence-corrected chi connectivity index (χ2v) is 11.3. The molecule has 37 heavy (non-hydrogen) atoms. The minimum absolute atomic E-state index is 0.344. The molecule has 0 unspecified atom stereocenters. The van der Waals surface area contributed by atoms with Crippen LogP contribution < -0.4 is 0 Å². The van der Waals surface area contributed by atoms with Crippen molar-refractivity contribution < 1.29 is 4.42 Å². The highest BCUT2D eigenvalue weighted by atomic mass is 79.9. The maximum atomic E-state index is 6.63. The van der Waals surface area contributed by atoms with Crippen LogP contribution in [-0.2, 0) is 11.8 Å². The molecule has 0 atom stereocenters. The summed E-state index contributed by atoms with van der Waals surface area (Å²) in [5.74, 6) is 0.826. The van der Waals surface area contributed by atoms with Crippen LogP contribution >= 0.6 is 50.7 Å². The lowest BCUT2D eigenvalue weighted by Gasteiger charge is -2.20. The quantitative estimate of drug-likeness (QED) is 0.191. The summed E-state index contributed by atoms with van der Waals surface area (Å²) < 4.78 is 9.08. The van der Waals surface area contributed by atoms with Crippen molar-refractivity contribution in [1.82, 2.24) is 20.0 Å². The van der Waals surface area contributed by atoms with Gasteiger partial charge in [-0.1, -0.05) is 81.9 Å². The third-order valence-electron chi connectivity index (χ3n) is 6.32. The SMILES string of the molecule is CCc1c(-c2nnc(C(C)(C)c3ccc(Cl)cc3)o2)nn(-c2ccc(Cl)cc2Cl)c1-c1ccc(Br)cc1. The van der Waals surface area contributed by atoms with Gasteiger partial charge in [0.05, 0.1) is 21.8 Å². The van der Waals surface area contributed by atoms with Crippen molar-refractivity contribution in [2.24, 2.45) is 0 Å². The molecule has 3 aromatic carbocycles. The van der Waals surface area contributed by atoms with Crippen LogP contribution in [0.1, 0.15) is 37.8 Å². The summed E-state index contributed by atoms with van der Waals surface area (Å²) >= 11 is 22.4. The predicted octanol–water partition coefficient (Wildman–Crippen LogP) is 9.20. The molecule has 0 amide bonds. The zero-order valence-electron chi connectivity index (χ0n) is 20.3. The van der Waals surface area contributed by atoms with Crippen molar-refractivity contribution in [3.8, 4) is 28.5 Å². The zero-order chi connectivity index (χ0) is 26.3. The molecule has 2 aromatic heterocycles. The number of benzene rings is 3. The first-order chi connectivity index (χ1) is 17.7. The van der Waals surface area contributed by atoms with Crippen LogP contribution in [0.2, 0.25) is 15.1 Å². The van der Waals surface area contributed by atoms with Gasteiger partial charge >= 0.3 is 0 Å². The molecule has 0 aliphatic carbocycles. The average Bonchev–Trinajstić information content (AvgIpc) is 3.50. The van der Waals surface area contributed by atoms with E-state index in [9.17, 15) is 0 Å². The topological polar surface area (TPSA) is 56.7 Å². The van der Waals surface area contributed by atoms with E-state index >= 15 is 0 Å². The van der Waals surface area contributed by atoms with E-state index in [1.165, 1.54) is 0 Å². The van der Waals surface area contributed by atoms with E-state index in [1.807, 2.05) is 73.1 Å². The molecular formula is C28H22BrCl3N4O. The molecule has 188 valence electrons. The number of aromatic nitrogens is 4. The van der Waals surface area contributed by atoms with E-state index in [4.69, 9.17) is 44.3 Å². The third kappa shape index (κ3) is 4.96. The fourth-order valence-electron chi connectivity index (χ4n) is 4.25. The van der Waals surface area contributed by atoms with E-state index in [2.05, 4.69) is 33.1 Å². The molecule has 5 rings (SSSR count). The molecule has 2 heterocycles. The van der Waals surface area contributed by atoms with Crippen LogP contribution in [0.3, 0.4) is 0 Å². The summed E-state index contributed by atoms with van der Waals surface area (Å²) in [5, 5.41) is 15.5. The monoisotopic (exact) mass is 614 g/mol. The molecule has 0 fully saturated rings. The molecule has 0 aliphatic heterocycles. The van der Waals surface area contributed by atoms with Crippen molar-refractivity contribution in [1.29, 1.82) is 0 Å². The number of rotatable bonds is 6. The van der Waals surface area contributed by atoms with Crippen LogP contribution in [-0.4, -0.2) is 20.0 Å². The Morgan fingerprint density at radius 2 is 1.57 bits per heavy atom. The molecule has 0 spiro atoms. The van der Waals surface area contributed by atoms with Crippen LogP contribution in [0, 0.1) is 0 Å². The molecule has 9 heteroatoms. The van der Waals surface area contributed by atoms with Gasteiger partial charge in [-0.25, -0.2) is 4.68 Å². The summed E-state index contributed by atoms with van der Waals surface area (Å²) in [4.78, 5) is 0. The van der Waals surface area contributed by atoms with E-state index in [0.29, 0.717) is 44.7 Å². The molecule has 5 nitrogen and oxygen atoms in total. The highest BCUT2D eigenvalue weighted by molar-refractivity contribution is 9.10. The molecule has 5 aromatic rings. The van der Waals surface area contributed by atoms with Crippen LogP contribution in [0.5, 0.6) is 0 Å². The third-order valence-corrected chi connectivity index (χ3v) is 7.64. The maximum absolute atomic E-state index is 6.63. The van der Waals surface area contributed by atoms with Gasteiger partial charge in [-0.3, -0.25) is 0 Å². The Morgan fingerprint density at radius 1 is 0.892 bits per heavy atom. The van der Waals surface area contributed by atoms with Gasteiger partial charge in [-0.05, 0) is 68.3 Å².